The average Bonchev–Trinajstić information content (AvgIpc) is 2.93. The number of piperazine rings is 1. The number of nitrogens with zero attached hydrogens (tertiary/aromatic N) is 2. The quantitative estimate of drug-likeness (QED) is 0.199. The predicted octanol–water partition coefficient (Wildman–Crippen LogP) is 3.27. The van der Waals surface area contributed by atoms with Crippen molar-refractivity contribution in [3.8, 4) is 0 Å². The molecule has 3 aromatic rings. The third kappa shape index (κ3) is 7.29. The van der Waals surface area contributed by atoms with E-state index in [1.165, 1.54) is 12.1 Å². The fourth-order valence-electron chi connectivity index (χ4n) is 4.24. The highest BCUT2D eigenvalue weighted by atomic mass is 19.1. The standard InChI is InChI=1S/C28H28FN3O5/c29-25-3-1-2-22(16-25)17-30-27(34)24-10-6-21(7-11-24)19-32-14-12-31(13-15-32)18-20-4-8-23(9-5-20)26(33)28(35)37-36/h1-11,16,36H,12-15,17-19H2,(H,30,34). The zero-order valence-corrected chi connectivity index (χ0v) is 20.2. The van der Waals surface area contributed by atoms with Crippen molar-refractivity contribution in [2.24, 2.45) is 0 Å². The summed E-state index contributed by atoms with van der Waals surface area (Å²) in [4.78, 5) is 43.5. The van der Waals surface area contributed by atoms with Gasteiger partial charge in [-0.05, 0) is 41.0 Å². The molecule has 9 heteroatoms. The van der Waals surface area contributed by atoms with Crippen molar-refractivity contribution in [1.82, 2.24) is 15.1 Å². The van der Waals surface area contributed by atoms with Crippen LogP contribution in [0.5, 0.6) is 0 Å². The molecule has 0 aliphatic carbocycles. The van der Waals surface area contributed by atoms with Crippen LogP contribution in [-0.2, 0) is 29.3 Å². The van der Waals surface area contributed by atoms with E-state index in [4.69, 9.17) is 5.26 Å². The molecule has 0 radical (unpaired) electrons. The number of benzene rings is 3. The van der Waals surface area contributed by atoms with Gasteiger partial charge in [-0.25, -0.2) is 9.18 Å². The number of amides is 1. The third-order valence-corrected chi connectivity index (χ3v) is 6.32. The van der Waals surface area contributed by atoms with Crippen molar-refractivity contribution in [2.75, 3.05) is 26.2 Å². The normalized spacial score (nSPS) is 14.2. The molecule has 0 saturated carbocycles. The maximum atomic E-state index is 13.3. The molecule has 1 heterocycles. The van der Waals surface area contributed by atoms with Crippen molar-refractivity contribution in [3.63, 3.8) is 0 Å². The second-order valence-corrected chi connectivity index (χ2v) is 8.97. The van der Waals surface area contributed by atoms with Crippen LogP contribution >= 0.6 is 0 Å². The van der Waals surface area contributed by atoms with Crippen LogP contribution in [0.2, 0.25) is 0 Å². The number of carbonyl (C=O) groups excluding carboxylic acids is 3. The van der Waals surface area contributed by atoms with E-state index in [1.54, 1.807) is 48.5 Å². The van der Waals surface area contributed by atoms with Gasteiger partial charge in [0.25, 0.3) is 11.7 Å². The molecule has 192 valence electrons. The molecule has 1 fully saturated rings. The Morgan fingerprint density at radius 1 is 0.784 bits per heavy atom. The Morgan fingerprint density at radius 3 is 1.84 bits per heavy atom. The summed E-state index contributed by atoms with van der Waals surface area (Å²) in [6.45, 7) is 5.35. The second-order valence-electron chi connectivity index (χ2n) is 8.97. The fourth-order valence-corrected chi connectivity index (χ4v) is 4.24. The molecule has 0 unspecified atom stereocenters. The highest BCUT2D eigenvalue weighted by molar-refractivity contribution is 6.40. The Labute approximate surface area is 214 Å². The van der Waals surface area contributed by atoms with Crippen LogP contribution in [0, 0.1) is 5.82 Å². The van der Waals surface area contributed by atoms with E-state index in [-0.39, 0.29) is 23.8 Å². The van der Waals surface area contributed by atoms with Crippen LogP contribution in [-0.4, -0.2) is 58.9 Å². The van der Waals surface area contributed by atoms with Gasteiger partial charge < -0.3 is 5.32 Å². The summed E-state index contributed by atoms with van der Waals surface area (Å²) in [5.74, 6) is -2.72. The number of halogens is 1. The minimum atomic E-state index is -1.30. The first-order chi connectivity index (χ1) is 17.9. The average molecular weight is 506 g/mol. The molecule has 1 aliphatic heterocycles. The van der Waals surface area contributed by atoms with E-state index in [9.17, 15) is 18.8 Å². The first kappa shape index (κ1) is 26.2. The molecule has 1 amide bonds. The lowest BCUT2D eigenvalue weighted by Gasteiger charge is -2.34. The lowest BCUT2D eigenvalue weighted by Crippen LogP contribution is -2.45. The van der Waals surface area contributed by atoms with Gasteiger partial charge in [-0.1, -0.05) is 48.5 Å². The lowest BCUT2D eigenvalue weighted by molar-refractivity contribution is -0.227. The van der Waals surface area contributed by atoms with Gasteiger partial charge in [0.05, 0.1) is 0 Å². The number of carbonyl (C=O) groups is 3. The summed E-state index contributed by atoms with van der Waals surface area (Å²) in [6, 6.07) is 20.4. The largest absolute Gasteiger partial charge is 0.412 e. The van der Waals surface area contributed by atoms with Gasteiger partial charge in [-0.3, -0.25) is 24.3 Å². The summed E-state index contributed by atoms with van der Waals surface area (Å²) in [7, 11) is 0. The van der Waals surface area contributed by atoms with Crippen LogP contribution in [0.15, 0.2) is 72.8 Å². The van der Waals surface area contributed by atoms with Crippen LogP contribution in [0.1, 0.15) is 37.4 Å². The lowest BCUT2D eigenvalue weighted by atomic mass is 10.1. The second kappa shape index (κ2) is 12.4. The minimum absolute atomic E-state index is 0.169. The molecular weight excluding hydrogens is 477 g/mol. The Kier molecular flexibility index (Phi) is 8.73. The fraction of sp³-hybridized carbons (Fsp3) is 0.250. The maximum absolute atomic E-state index is 13.3. The van der Waals surface area contributed by atoms with E-state index in [0.29, 0.717) is 11.1 Å². The van der Waals surface area contributed by atoms with E-state index in [0.717, 1.165) is 50.4 Å². The molecule has 0 aromatic heterocycles. The molecular formula is C28H28FN3O5. The van der Waals surface area contributed by atoms with Gasteiger partial charge in [-0.2, -0.15) is 5.26 Å². The summed E-state index contributed by atoms with van der Waals surface area (Å²) < 4.78 is 13.3. The van der Waals surface area contributed by atoms with Crippen molar-refractivity contribution in [3.05, 3.63) is 106 Å². The van der Waals surface area contributed by atoms with E-state index in [2.05, 4.69) is 20.0 Å². The zero-order valence-electron chi connectivity index (χ0n) is 20.2. The number of rotatable bonds is 9. The van der Waals surface area contributed by atoms with E-state index in [1.807, 2.05) is 12.1 Å². The van der Waals surface area contributed by atoms with Gasteiger partial charge in [0, 0.05) is 56.9 Å². The van der Waals surface area contributed by atoms with Crippen LogP contribution < -0.4 is 5.32 Å². The molecule has 1 saturated heterocycles. The van der Waals surface area contributed by atoms with Crippen molar-refractivity contribution < 1.29 is 28.9 Å². The maximum Gasteiger partial charge on any atom is 0.412 e. The molecule has 8 nitrogen and oxygen atoms in total. The van der Waals surface area contributed by atoms with Crippen LogP contribution in [0.25, 0.3) is 0 Å². The topological polar surface area (TPSA) is 99.2 Å². The van der Waals surface area contributed by atoms with Gasteiger partial charge in [0.1, 0.15) is 5.82 Å². The van der Waals surface area contributed by atoms with Gasteiger partial charge in [-0.15, -0.1) is 0 Å². The van der Waals surface area contributed by atoms with Crippen molar-refractivity contribution in [2.45, 2.75) is 19.6 Å². The number of hydrogen-bond donors (Lipinski definition) is 2. The molecule has 1 aliphatic rings. The van der Waals surface area contributed by atoms with E-state index < -0.39 is 11.8 Å². The SMILES string of the molecule is O=C(OO)C(=O)c1ccc(CN2CCN(Cc3ccc(C(=O)NCc4cccc(F)c4)cc3)CC2)cc1. The predicted molar refractivity (Wildman–Crippen MR) is 134 cm³/mol. The highest BCUT2D eigenvalue weighted by Gasteiger charge is 2.20. The monoisotopic (exact) mass is 505 g/mol. The minimum Gasteiger partial charge on any atom is -0.348 e. The number of nitrogens with one attached hydrogen (secondary N) is 1. The molecule has 0 atom stereocenters. The first-order valence-electron chi connectivity index (χ1n) is 12.0. The van der Waals surface area contributed by atoms with Gasteiger partial charge >= 0.3 is 5.97 Å². The third-order valence-electron chi connectivity index (χ3n) is 6.32. The van der Waals surface area contributed by atoms with Crippen molar-refractivity contribution in [1.29, 1.82) is 0 Å². The van der Waals surface area contributed by atoms with Crippen LogP contribution in [0.4, 0.5) is 4.39 Å². The highest BCUT2D eigenvalue weighted by Crippen LogP contribution is 2.14. The Hall–Kier alpha value is -3.92. The molecule has 37 heavy (non-hydrogen) atoms. The summed E-state index contributed by atoms with van der Waals surface area (Å²) in [6.07, 6.45) is 0. The summed E-state index contributed by atoms with van der Waals surface area (Å²) >= 11 is 0. The number of ketones is 1. The Morgan fingerprint density at radius 2 is 1.32 bits per heavy atom. The van der Waals surface area contributed by atoms with Gasteiger partial charge in [0.2, 0.25) is 0 Å². The van der Waals surface area contributed by atoms with Crippen molar-refractivity contribution >= 4 is 17.7 Å². The molecule has 2 N–H and O–H groups in total. The number of hydrogen-bond acceptors (Lipinski definition) is 7. The summed E-state index contributed by atoms with van der Waals surface area (Å²) in [5, 5.41) is 11.2. The molecule has 4 rings (SSSR count). The smallest absolute Gasteiger partial charge is 0.348 e. The van der Waals surface area contributed by atoms with Gasteiger partial charge in [0.15, 0.2) is 0 Å². The molecule has 0 bridgehead atoms. The van der Waals surface area contributed by atoms with E-state index >= 15 is 0 Å². The Balaban J connectivity index is 1.21. The van der Waals surface area contributed by atoms with Crippen LogP contribution in [0.3, 0.4) is 0 Å². The molecule has 3 aromatic carbocycles. The Bertz CT molecular complexity index is 1240. The zero-order chi connectivity index (χ0) is 26.2. The first-order valence-corrected chi connectivity index (χ1v) is 12.0. The summed E-state index contributed by atoms with van der Waals surface area (Å²) in [5.41, 5.74) is 3.58. The number of Topliss-reactive ketones (excluding diaryl/α,β-unsaturated/α-hetero) is 1. The molecule has 0 spiro atoms.